The Hall–Kier alpha value is -1.96. The van der Waals surface area contributed by atoms with Crippen LogP contribution >= 0.6 is 27.5 Å². The second kappa shape index (κ2) is 8.94. The van der Waals surface area contributed by atoms with E-state index in [1.807, 2.05) is 37.3 Å². The lowest BCUT2D eigenvalue weighted by atomic mass is 10.0. The van der Waals surface area contributed by atoms with Crippen LogP contribution < -0.4 is 9.47 Å². The number of methoxy groups -OCH3 is 1. The van der Waals surface area contributed by atoms with E-state index >= 15 is 0 Å². The molecule has 1 atom stereocenters. The van der Waals surface area contributed by atoms with Crippen LogP contribution in [0.2, 0.25) is 5.02 Å². The van der Waals surface area contributed by atoms with E-state index in [0.29, 0.717) is 22.1 Å². The molecule has 2 aromatic carbocycles. The van der Waals surface area contributed by atoms with Gasteiger partial charge in [0.05, 0.1) is 29.3 Å². The van der Waals surface area contributed by atoms with Gasteiger partial charge >= 0.3 is 0 Å². The van der Waals surface area contributed by atoms with E-state index in [1.54, 1.807) is 19.2 Å². The first-order chi connectivity index (χ1) is 12.0. The van der Waals surface area contributed by atoms with E-state index in [2.05, 4.69) is 28.9 Å². The maximum Gasteiger partial charge on any atom is 0.175 e. The van der Waals surface area contributed by atoms with Crippen molar-refractivity contribution in [3.8, 4) is 17.6 Å². The number of hydrogen-bond donors (Lipinski definition) is 0. The van der Waals surface area contributed by atoms with Crippen LogP contribution in [0.5, 0.6) is 11.5 Å². The Morgan fingerprint density at radius 2 is 2.00 bits per heavy atom. The SMILES string of the molecule is CCC(C)Oc1c(Br)cc(/C=C(\C#N)c2ccc(Cl)cc2)cc1OC. The summed E-state index contributed by atoms with van der Waals surface area (Å²) in [7, 11) is 1.60. The summed E-state index contributed by atoms with van der Waals surface area (Å²) in [5.41, 5.74) is 2.19. The maximum atomic E-state index is 9.49. The second-order valence-corrected chi connectivity index (χ2v) is 6.84. The van der Waals surface area contributed by atoms with E-state index in [4.69, 9.17) is 21.1 Å². The summed E-state index contributed by atoms with van der Waals surface area (Å²) in [6, 6.07) is 13.2. The number of nitriles is 1. The molecule has 0 saturated carbocycles. The van der Waals surface area contributed by atoms with E-state index in [9.17, 15) is 5.26 Å². The van der Waals surface area contributed by atoms with Gasteiger partial charge in [0.25, 0.3) is 0 Å². The van der Waals surface area contributed by atoms with Crippen LogP contribution in [0.1, 0.15) is 31.4 Å². The molecule has 0 aliphatic carbocycles. The van der Waals surface area contributed by atoms with Crippen LogP contribution in [0.3, 0.4) is 0 Å². The van der Waals surface area contributed by atoms with Crippen molar-refractivity contribution in [1.29, 1.82) is 5.26 Å². The molecule has 2 aromatic rings. The smallest absolute Gasteiger partial charge is 0.175 e. The number of nitrogens with zero attached hydrogens (tertiary/aromatic N) is 1. The molecule has 0 aliphatic rings. The van der Waals surface area contributed by atoms with Crippen molar-refractivity contribution in [2.24, 2.45) is 0 Å². The molecule has 1 unspecified atom stereocenters. The third-order valence-corrected chi connectivity index (χ3v) is 4.57. The van der Waals surface area contributed by atoms with Gasteiger partial charge in [-0.05, 0) is 70.7 Å². The van der Waals surface area contributed by atoms with Gasteiger partial charge in [0.1, 0.15) is 0 Å². The number of ether oxygens (including phenoxy) is 2. The molecule has 0 amide bonds. The Bertz CT molecular complexity index is 810. The molecule has 0 fully saturated rings. The lowest BCUT2D eigenvalue weighted by molar-refractivity contribution is 0.206. The van der Waals surface area contributed by atoms with Gasteiger partial charge in [-0.1, -0.05) is 30.7 Å². The van der Waals surface area contributed by atoms with E-state index < -0.39 is 0 Å². The number of allylic oxidation sites excluding steroid dienone is 1. The zero-order valence-electron chi connectivity index (χ0n) is 14.3. The normalized spacial score (nSPS) is 12.4. The molecule has 130 valence electrons. The fraction of sp³-hybridized carbons (Fsp3) is 0.250. The van der Waals surface area contributed by atoms with Crippen molar-refractivity contribution in [3.63, 3.8) is 0 Å². The standard InChI is InChI=1S/C20H19BrClNO2/c1-4-13(2)25-20-18(21)10-14(11-19(20)24-3)9-16(12-23)15-5-7-17(22)8-6-15/h5-11,13H,4H2,1-3H3/b16-9+. The van der Waals surface area contributed by atoms with Crippen LogP contribution in [0.25, 0.3) is 11.6 Å². The Morgan fingerprint density at radius 1 is 1.32 bits per heavy atom. The zero-order valence-corrected chi connectivity index (χ0v) is 16.7. The molecule has 0 saturated heterocycles. The Balaban J connectivity index is 2.43. The quantitative estimate of drug-likeness (QED) is 0.404. The Kier molecular flexibility index (Phi) is 6.92. The van der Waals surface area contributed by atoms with Gasteiger partial charge in [-0.3, -0.25) is 0 Å². The number of hydrogen-bond acceptors (Lipinski definition) is 3. The van der Waals surface area contributed by atoms with Crippen molar-refractivity contribution in [3.05, 3.63) is 57.0 Å². The third-order valence-electron chi connectivity index (χ3n) is 3.73. The van der Waals surface area contributed by atoms with Gasteiger partial charge < -0.3 is 9.47 Å². The fourth-order valence-corrected chi connectivity index (χ4v) is 2.88. The molecular weight excluding hydrogens is 402 g/mol. The molecule has 0 radical (unpaired) electrons. The molecule has 5 heteroatoms. The van der Waals surface area contributed by atoms with Crippen LogP contribution in [0, 0.1) is 11.3 Å². The zero-order chi connectivity index (χ0) is 18.4. The molecular formula is C20H19BrClNO2. The molecule has 0 heterocycles. The summed E-state index contributed by atoms with van der Waals surface area (Å²) in [5, 5.41) is 10.1. The minimum absolute atomic E-state index is 0.0790. The predicted octanol–water partition coefficient (Wildman–Crippen LogP) is 6.35. The summed E-state index contributed by atoms with van der Waals surface area (Å²) >= 11 is 9.45. The van der Waals surface area contributed by atoms with Crippen molar-refractivity contribution >= 4 is 39.2 Å². The first-order valence-electron chi connectivity index (χ1n) is 7.90. The summed E-state index contributed by atoms with van der Waals surface area (Å²) in [6.07, 6.45) is 2.78. The largest absolute Gasteiger partial charge is 0.493 e. The highest BCUT2D eigenvalue weighted by Gasteiger charge is 2.14. The molecule has 0 N–H and O–H groups in total. The molecule has 0 spiro atoms. The van der Waals surface area contributed by atoms with Gasteiger partial charge in [0.2, 0.25) is 0 Å². The molecule has 0 aliphatic heterocycles. The lowest BCUT2D eigenvalue weighted by Crippen LogP contribution is -2.11. The van der Waals surface area contributed by atoms with Crippen molar-refractivity contribution < 1.29 is 9.47 Å². The van der Waals surface area contributed by atoms with Crippen molar-refractivity contribution in [1.82, 2.24) is 0 Å². The number of halogens is 2. The van der Waals surface area contributed by atoms with Crippen molar-refractivity contribution in [2.45, 2.75) is 26.4 Å². The average Bonchev–Trinajstić information content (AvgIpc) is 2.62. The lowest BCUT2D eigenvalue weighted by Gasteiger charge is -2.17. The van der Waals surface area contributed by atoms with E-state index in [1.165, 1.54) is 0 Å². The van der Waals surface area contributed by atoms with Crippen LogP contribution in [-0.2, 0) is 0 Å². The topological polar surface area (TPSA) is 42.2 Å². The van der Waals surface area contributed by atoms with E-state index in [0.717, 1.165) is 22.0 Å². The molecule has 3 nitrogen and oxygen atoms in total. The summed E-state index contributed by atoms with van der Waals surface area (Å²) in [4.78, 5) is 0. The third kappa shape index (κ3) is 5.01. The number of rotatable bonds is 6. The van der Waals surface area contributed by atoms with Gasteiger partial charge in [0, 0.05) is 5.02 Å². The van der Waals surface area contributed by atoms with Crippen molar-refractivity contribution in [2.75, 3.05) is 7.11 Å². The molecule has 0 bridgehead atoms. The van der Waals surface area contributed by atoms with Gasteiger partial charge in [-0.25, -0.2) is 0 Å². The summed E-state index contributed by atoms with van der Waals surface area (Å²) in [5.74, 6) is 1.29. The monoisotopic (exact) mass is 419 g/mol. The molecule has 0 aromatic heterocycles. The van der Waals surface area contributed by atoms with Crippen LogP contribution in [0.15, 0.2) is 40.9 Å². The summed E-state index contributed by atoms with van der Waals surface area (Å²) < 4.78 is 12.2. The molecule has 25 heavy (non-hydrogen) atoms. The summed E-state index contributed by atoms with van der Waals surface area (Å²) in [6.45, 7) is 4.07. The highest BCUT2D eigenvalue weighted by molar-refractivity contribution is 9.10. The van der Waals surface area contributed by atoms with E-state index in [-0.39, 0.29) is 6.10 Å². The number of benzene rings is 2. The highest BCUT2D eigenvalue weighted by Crippen LogP contribution is 2.38. The fourth-order valence-electron chi connectivity index (χ4n) is 2.20. The maximum absolute atomic E-state index is 9.49. The average molecular weight is 421 g/mol. The predicted molar refractivity (Wildman–Crippen MR) is 106 cm³/mol. The highest BCUT2D eigenvalue weighted by atomic mass is 79.9. The second-order valence-electron chi connectivity index (χ2n) is 5.55. The Labute approximate surface area is 162 Å². The minimum Gasteiger partial charge on any atom is -0.493 e. The Morgan fingerprint density at radius 3 is 2.56 bits per heavy atom. The van der Waals surface area contributed by atoms with Gasteiger partial charge in [-0.15, -0.1) is 0 Å². The first kappa shape index (κ1) is 19.4. The van der Waals surface area contributed by atoms with Gasteiger partial charge in [-0.2, -0.15) is 5.26 Å². The molecule has 2 rings (SSSR count). The van der Waals surface area contributed by atoms with Crippen LogP contribution in [0.4, 0.5) is 0 Å². The van der Waals surface area contributed by atoms with Crippen LogP contribution in [-0.4, -0.2) is 13.2 Å². The first-order valence-corrected chi connectivity index (χ1v) is 9.07. The van der Waals surface area contributed by atoms with Gasteiger partial charge in [0.15, 0.2) is 11.5 Å². The minimum atomic E-state index is 0.0790.